The number of hydrogen-bond acceptors (Lipinski definition) is 4. The van der Waals surface area contributed by atoms with Gasteiger partial charge in [0.05, 0.1) is 10.6 Å². The van der Waals surface area contributed by atoms with E-state index in [9.17, 15) is 18.0 Å². The highest BCUT2D eigenvalue weighted by Crippen LogP contribution is 2.29. The molecule has 1 aliphatic rings. The fourth-order valence-corrected chi connectivity index (χ4v) is 7.52. The van der Waals surface area contributed by atoms with E-state index in [1.54, 1.807) is 54.6 Å². The van der Waals surface area contributed by atoms with Crippen molar-refractivity contribution in [1.82, 2.24) is 10.2 Å². The van der Waals surface area contributed by atoms with Crippen LogP contribution in [0.3, 0.4) is 0 Å². The van der Waals surface area contributed by atoms with E-state index in [0.29, 0.717) is 10.0 Å². The van der Waals surface area contributed by atoms with Gasteiger partial charge in [-0.3, -0.25) is 13.9 Å². The number of halogens is 2. The Bertz CT molecular complexity index is 1790. The number of nitrogens with one attached hydrogen (secondary N) is 1. The molecule has 246 valence electrons. The smallest absolute Gasteiger partial charge is 0.264 e. The lowest BCUT2D eigenvalue weighted by atomic mass is 10.0. The summed E-state index contributed by atoms with van der Waals surface area (Å²) in [7, 11) is -4.22. The fraction of sp³-hybridized carbons (Fsp3) is 0.297. The van der Waals surface area contributed by atoms with Gasteiger partial charge in [-0.05, 0) is 79.8 Å². The first-order chi connectivity index (χ1) is 22.5. The molecule has 0 spiro atoms. The third kappa shape index (κ3) is 8.74. The van der Waals surface area contributed by atoms with Crippen LogP contribution < -0.4 is 9.62 Å². The van der Waals surface area contributed by atoms with Gasteiger partial charge in [0.15, 0.2) is 0 Å². The molecule has 1 aliphatic carbocycles. The Morgan fingerprint density at radius 2 is 1.51 bits per heavy atom. The maximum absolute atomic E-state index is 14.6. The van der Waals surface area contributed by atoms with Crippen LogP contribution in [0, 0.1) is 13.8 Å². The van der Waals surface area contributed by atoms with Crippen molar-refractivity contribution in [3.63, 3.8) is 0 Å². The number of rotatable bonds is 12. The maximum atomic E-state index is 14.6. The normalized spacial score (nSPS) is 14.0. The second-order valence-corrected chi connectivity index (χ2v) is 14.8. The Hall–Kier alpha value is -3.85. The number of carbonyl (C=O) groups is 2. The largest absolute Gasteiger partial charge is 0.352 e. The third-order valence-electron chi connectivity index (χ3n) is 8.57. The molecule has 0 saturated heterocycles. The molecule has 5 rings (SSSR count). The highest BCUT2D eigenvalue weighted by Gasteiger charge is 2.35. The van der Waals surface area contributed by atoms with E-state index in [1.807, 2.05) is 44.2 Å². The van der Waals surface area contributed by atoms with Gasteiger partial charge >= 0.3 is 0 Å². The number of anilines is 1. The highest BCUT2D eigenvalue weighted by atomic mass is 35.5. The number of nitrogens with zero attached hydrogens (tertiary/aromatic N) is 2. The van der Waals surface area contributed by atoms with Gasteiger partial charge in [-0.25, -0.2) is 8.42 Å². The summed E-state index contributed by atoms with van der Waals surface area (Å²) in [6.07, 6.45) is 4.08. The zero-order valence-corrected chi connectivity index (χ0v) is 28.9. The van der Waals surface area contributed by atoms with Crippen molar-refractivity contribution >= 4 is 50.7 Å². The van der Waals surface area contributed by atoms with Crippen molar-refractivity contribution in [3.8, 4) is 0 Å². The molecule has 1 N–H and O–H groups in total. The molecule has 7 nitrogen and oxygen atoms in total. The van der Waals surface area contributed by atoms with Crippen LogP contribution in [0.2, 0.25) is 10.0 Å². The van der Waals surface area contributed by atoms with Gasteiger partial charge < -0.3 is 10.2 Å². The summed E-state index contributed by atoms with van der Waals surface area (Å²) in [6, 6.07) is 27.1. The van der Waals surface area contributed by atoms with Crippen molar-refractivity contribution in [2.75, 3.05) is 10.8 Å². The molecule has 1 fully saturated rings. The summed E-state index contributed by atoms with van der Waals surface area (Å²) in [5.74, 6) is -0.802. The van der Waals surface area contributed by atoms with E-state index >= 15 is 0 Å². The lowest BCUT2D eigenvalue weighted by molar-refractivity contribution is -0.140. The monoisotopic (exact) mass is 691 g/mol. The van der Waals surface area contributed by atoms with E-state index in [2.05, 4.69) is 5.32 Å². The highest BCUT2D eigenvalue weighted by molar-refractivity contribution is 7.92. The van der Waals surface area contributed by atoms with Crippen LogP contribution in [-0.2, 0) is 32.6 Å². The molecule has 4 aromatic rings. The van der Waals surface area contributed by atoms with E-state index in [1.165, 1.54) is 17.0 Å². The standard InChI is InChI=1S/C37H39Cl2N3O4S/c1-26-12-20-33(21-13-26)47(45,46)42(32-19-14-27(2)34(39)23-32)25-36(43)41(24-29-15-17-30(38)18-16-29)35(22-28-8-4-3-5-9-28)37(44)40-31-10-6-7-11-31/h3-5,8-9,12-21,23,31,35H,6-7,10-11,22,24-25H2,1-2H3,(H,40,44)/t35-/m0/s1. The first-order valence-electron chi connectivity index (χ1n) is 15.7. The molecule has 47 heavy (non-hydrogen) atoms. The molecule has 1 atom stereocenters. The van der Waals surface area contributed by atoms with Gasteiger partial charge in [0.1, 0.15) is 12.6 Å². The second kappa shape index (κ2) is 15.4. The fourth-order valence-electron chi connectivity index (χ4n) is 5.81. The zero-order valence-electron chi connectivity index (χ0n) is 26.5. The predicted octanol–water partition coefficient (Wildman–Crippen LogP) is 7.50. The molecule has 10 heteroatoms. The molecular weight excluding hydrogens is 653 g/mol. The van der Waals surface area contributed by atoms with E-state index in [0.717, 1.165) is 52.2 Å². The summed E-state index contributed by atoms with van der Waals surface area (Å²) in [5.41, 5.74) is 3.54. The Morgan fingerprint density at radius 1 is 0.851 bits per heavy atom. The number of amides is 2. The molecule has 1 saturated carbocycles. The van der Waals surface area contributed by atoms with Gasteiger partial charge in [-0.1, -0.05) is 102 Å². The van der Waals surface area contributed by atoms with Crippen molar-refractivity contribution in [2.24, 2.45) is 0 Å². The molecule has 0 aromatic heterocycles. The average molecular weight is 693 g/mol. The molecule has 0 unspecified atom stereocenters. The second-order valence-electron chi connectivity index (χ2n) is 12.1. The molecule has 4 aromatic carbocycles. The van der Waals surface area contributed by atoms with Crippen molar-refractivity contribution in [1.29, 1.82) is 0 Å². The summed E-state index contributed by atoms with van der Waals surface area (Å²) in [5, 5.41) is 4.10. The number of sulfonamides is 1. The molecule has 0 bridgehead atoms. The van der Waals surface area contributed by atoms with Crippen molar-refractivity contribution in [2.45, 2.75) is 69.5 Å². The SMILES string of the molecule is Cc1ccc(S(=O)(=O)N(CC(=O)N(Cc2ccc(Cl)cc2)[C@@H](Cc2ccccc2)C(=O)NC2CCCC2)c2ccc(C)c(Cl)c2)cc1. The molecular formula is C37H39Cl2N3O4S. The quantitative estimate of drug-likeness (QED) is 0.167. The lowest BCUT2D eigenvalue weighted by Gasteiger charge is -2.34. The minimum absolute atomic E-state index is 0.0290. The first-order valence-corrected chi connectivity index (χ1v) is 17.9. The van der Waals surface area contributed by atoms with Gasteiger partial charge in [0.2, 0.25) is 11.8 Å². The molecule has 0 aliphatic heterocycles. The van der Waals surface area contributed by atoms with Crippen LogP contribution in [0.25, 0.3) is 0 Å². The van der Waals surface area contributed by atoms with E-state index < -0.39 is 28.5 Å². The van der Waals surface area contributed by atoms with Crippen LogP contribution in [-0.4, -0.2) is 43.8 Å². The van der Waals surface area contributed by atoms with Crippen LogP contribution >= 0.6 is 23.2 Å². The zero-order chi connectivity index (χ0) is 33.6. The minimum Gasteiger partial charge on any atom is -0.352 e. The van der Waals surface area contributed by atoms with Crippen molar-refractivity contribution < 1.29 is 18.0 Å². The lowest BCUT2D eigenvalue weighted by Crippen LogP contribution is -2.54. The summed E-state index contributed by atoms with van der Waals surface area (Å²) >= 11 is 12.7. The van der Waals surface area contributed by atoms with Crippen molar-refractivity contribution in [3.05, 3.63) is 129 Å². The number of carbonyl (C=O) groups excluding carboxylic acids is 2. The number of aryl methyl sites for hydroxylation is 2. The topological polar surface area (TPSA) is 86.8 Å². The van der Waals surface area contributed by atoms with Gasteiger partial charge in [0, 0.05) is 29.1 Å². The predicted molar refractivity (Wildman–Crippen MR) is 188 cm³/mol. The first kappa shape index (κ1) is 34.5. The Morgan fingerprint density at radius 3 is 2.15 bits per heavy atom. The molecule has 2 amide bonds. The summed E-state index contributed by atoms with van der Waals surface area (Å²) < 4.78 is 29.6. The summed E-state index contributed by atoms with van der Waals surface area (Å²) in [6.45, 7) is 3.21. The Labute approximate surface area is 287 Å². The minimum atomic E-state index is -4.22. The van der Waals surface area contributed by atoms with E-state index in [4.69, 9.17) is 23.2 Å². The molecule has 0 radical (unpaired) electrons. The van der Waals surface area contributed by atoms with Crippen LogP contribution in [0.15, 0.2) is 102 Å². The van der Waals surface area contributed by atoms with Crippen LogP contribution in [0.5, 0.6) is 0 Å². The molecule has 0 heterocycles. The van der Waals surface area contributed by atoms with Gasteiger partial charge in [0.25, 0.3) is 10.0 Å². The van der Waals surface area contributed by atoms with Crippen LogP contribution in [0.1, 0.15) is 47.9 Å². The summed E-state index contributed by atoms with van der Waals surface area (Å²) in [4.78, 5) is 30.3. The Balaban J connectivity index is 1.57. The van der Waals surface area contributed by atoms with Crippen LogP contribution in [0.4, 0.5) is 5.69 Å². The maximum Gasteiger partial charge on any atom is 0.264 e. The third-order valence-corrected chi connectivity index (χ3v) is 11.0. The van der Waals surface area contributed by atoms with E-state index in [-0.39, 0.29) is 35.5 Å². The number of hydrogen-bond donors (Lipinski definition) is 1. The van der Waals surface area contributed by atoms with Gasteiger partial charge in [-0.2, -0.15) is 0 Å². The van der Waals surface area contributed by atoms with Gasteiger partial charge in [-0.15, -0.1) is 0 Å². The number of benzene rings is 4. The average Bonchev–Trinajstić information content (AvgIpc) is 3.57. The Kier molecular flexibility index (Phi) is 11.3.